The van der Waals surface area contributed by atoms with E-state index in [-0.39, 0.29) is 0 Å². The predicted octanol–water partition coefficient (Wildman–Crippen LogP) is 39.8. The van der Waals surface area contributed by atoms with Crippen LogP contribution in [0.5, 0.6) is 0 Å². The van der Waals surface area contributed by atoms with Crippen molar-refractivity contribution >= 4 is 0 Å². The highest BCUT2D eigenvalue weighted by Gasteiger charge is 2.70. The molecule has 0 aliphatic heterocycles. The van der Waals surface area contributed by atoms with E-state index in [0.29, 0.717) is 0 Å². The van der Waals surface area contributed by atoms with Gasteiger partial charge in [0.15, 0.2) is 0 Å². The number of hydrogen-bond donors (Lipinski definition) is 0. The monoisotopic (exact) mass is 2020 g/mol. The molecule has 842 valence electrons. The van der Waals surface area contributed by atoms with Gasteiger partial charge in [-0.15, -0.1) is 0 Å². The Morgan fingerprint density at radius 1 is 0.137 bits per heavy atom. The average Bonchev–Trinajstić information content (AvgIpc) is 0.682. The fourth-order valence-electron chi connectivity index (χ4n) is 41.8. The van der Waals surface area contributed by atoms with Crippen molar-refractivity contribution in [2.75, 3.05) is 0 Å². The van der Waals surface area contributed by atoms with Crippen molar-refractivity contribution in [1.82, 2.24) is 29.4 Å². The smallest absolute Gasteiger partial charge is 0.0150 e. The molecule has 0 saturated heterocycles. The Morgan fingerprint density at radius 2 is 0.295 bits per heavy atom. The fraction of sp³-hybridized carbons (Fsp3) is 1.00. The van der Waals surface area contributed by atoms with Crippen LogP contribution in [-0.4, -0.2) is 138 Å². The minimum atomic E-state index is 0.751. The van der Waals surface area contributed by atoms with Crippen LogP contribution in [0.2, 0.25) is 0 Å². The Kier molecular flexibility index (Phi) is 46.4. The lowest BCUT2D eigenvalue weighted by atomic mass is 9.38. The molecule has 0 bridgehead atoms. The van der Waals surface area contributed by atoms with E-state index in [9.17, 15) is 0 Å². The third-order valence-electron chi connectivity index (χ3n) is 50.4. The molecule has 0 spiro atoms. The molecule has 18 saturated carbocycles. The van der Waals surface area contributed by atoms with E-state index < -0.39 is 0 Å². The maximum absolute atomic E-state index is 3.89. The van der Waals surface area contributed by atoms with Crippen LogP contribution in [0.4, 0.5) is 0 Å². The van der Waals surface area contributed by atoms with Crippen molar-refractivity contribution in [3.8, 4) is 0 Å². The molecule has 0 N–H and O–H groups in total. The summed E-state index contributed by atoms with van der Waals surface area (Å²) < 4.78 is 0. The van der Waals surface area contributed by atoms with Gasteiger partial charge >= 0.3 is 0 Å². The van der Waals surface area contributed by atoms with E-state index in [0.717, 1.165) is 239 Å². The first-order valence-electron chi connectivity index (χ1n) is 70.2. The molecule has 0 heterocycles. The zero-order valence-corrected chi connectivity index (χ0v) is 100. The summed E-state index contributed by atoms with van der Waals surface area (Å²) >= 11 is 0. The Bertz CT molecular complexity index is 3190. The maximum Gasteiger partial charge on any atom is 0.0150 e. The van der Waals surface area contributed by atoms with Gasteiger partial charge in [-0.1, -0.05) is 263 Å². The molecule has 6 heteroatoms. The molecule has 18 fully saturated rings. The zero-order valence-electron chi connectivity index (χ0n) is 100. The number of nitrogens with zero attached hydrogens (tertiary/aromatic N) is 6. The highest BCUT2D eigenvalue weighted by atomic mass is 15.3. The van der Waals surface area contributed by atoms with Crippen molar-refractivity contribution in [1.29, 1.82) is 0 Å². The van der Waals surface area contributed by atoms with Crippen LogP contribution in [0.1, 0.15) is 648 Å². The van der Waals surface area contributed by atoms with Crippen LogP contribution in [-0.2, 0) is 0 Å². The Morgan fingerprint density at radius 3 is 0.486 bits per heavy atom. The molecule has 0 aromatic carbocycles. The van der Waals surface area contributed by atoms with E-state index in [1.807, 2.05) is 0 Å². The van der Waals surface area contributed by atoms with Crippen LogP contribution in [0.25, 0.3) is 0 Å². The van der Waals surface area contributed by atoms with Crippen LogP contribution < -0.4 is 0 Å². The first kappa shape index (κ1) is 115. The summed E-state index contributed by atoms with van der Waals surface area (Å²) in [7, 11) is 0. The van der Waals surface area contributed by atoms with E-state index in [2.05, 4.69) is 112 Å². The van der Waals surface area contributed by atoms with E-state index in [4.69, 9.17) is 0 Å². The second-order valence-electron chi connectivity index (χ2n) is 60.2. The van der Waals surface area contributed by atoms with Crippen LogP contribution in [0.3, 0.4) is 0 Å². The molecule has 0 radical (unpaired) electrons. The van der Waals surface area contributed by atoms with Gasteiger partial charge in [0.05, 0.1) is 0 Å². The molecule has 18 rings (SSSR count). The van der Waals surface area contributed by atoms with Gasteiger partial charge in [0.1, 0.15) is 0 Å². The maximum atomic E-state index is 3.89. The normalized spacial score (nSPS) is 43.1. The summed E-state index contributed by atoms with van der Waals surface area (Å²) in [4.78, 5) is 22.5. The molecule has 18 aliphatic rings. The third kappa shape index (κ3) is 30.1. The minimum Gasteiger partial charge on any atom is -0.294 e. The zero-order chi connectivity index (χ0) is 101. The lowest BCUT2D eigenvalue weighted by Gasteiger charge is -2.73. The highest BCUT2D eigenvalue weighted by molar-refractivity contribution is 5.21. The molecule has 146 heavy (non-hydrogen) atoms. The Hall–Kier alpha value is -0.240. The van der Waals surface area contributed by atoms with Crippen molar-refractivity contribution in [2.45, 2.75) is 757 Å². The topological polar surface area (TPSA) is 19.4 Å². The van der Waals surface area contributed by atoms with Gasteiger partial charge in [-0.25, -0.2) is 0 Å². The van der Waals surface area contributed by atoms with E-state index in [1.165, 1.54) is 372 Å². The van der Waals surface area contributed by atoms with Gasteiger partial charge < -0.3 is 0 Å². The van der Waals surface area contributed by atoms with E-state index >= 15 is 0 Å². The highest BCUT2D eigenvalue weighted by Crippen LogP contribution is 2.71. The molecular weight excluding hydrogens is 1770 g/mol. The lowest BCUT2D eigenvalue weighted by Crippen LogP contribution is -2.75. The molecule has 0 aromatic rings. The lowest BCUT2D eigenvalue weighted by molar-refractivity contribution is -0.235. The van der Waals surface area contributed by atoms with Gasteiger partial charge in [-0.2, -0.15) is 0 Å². The van der Waals surface area contributed by atoms with Crippen LogP contribution in [0, 0.1) is 130 Å². The number of unbranched alkanes of at least 4 members (excludes halogenated alkanes) is 20. The largest absolute Gasteiger partial charge is 0.294 e. The van der Waals surface area contributed by atoms with Gasteiger partial charge in [0.25, 0.3) is 0 Å². The summed E-state index contributed by atoms with van der Waals surface area (Å²) in [5.74, 6) is 19.9. The molecule has 6 nitrogen and oxygen atoms in total. The van der Waals surface area contributed by atoms with Crippen molar-refractivity contribution in [2.24, 2.45) is 130 Å². The second-order valence-corrected chi connectivity index (χ2v) is 60.2. The number of rotatable bonds is 48. The van der Waals surface area contributed by atoms with Crippen molar-refractivity contribution in [3.63, 3.8) is 0 Å². The minimum absolute atomic E-state index is 0.751. The molecular formula is C140H252N6. The van der Waals surface area contributed by atoms with E-state index in [1.54, 1.807) is 193 Å². The molecule has 12 atom stereocenters. The van der Waals surface area contributed by atoms with Gasteiger partial charge in [-0.3, -0.25) is 29.4 Å². The standard InChI is InChI=1S/C140H252N6/c1-13-17-21-25-29-33-37-109-57-85-125(86-58-109)143(121-77-49-105(9)50-78-121)133-99-135(145(123-81-53-107(11)54-82-123)127-89-61-111(62-90-127)39-35-31-27-23-19-15-3)137-130(114-67-95-120(96-68-114)142(117-73-45-103(7)46-74-117)118-75-47-104(8)48-76-118)98-132-134(144(122-79-51-106(10)52-80-122)126-87-59-110(60-88-126)38-34-30-26-22-18-14-2)100-136(146(124-83-55-108(12)56-84-124)128-91-63-112(64-92-128)40-36-32-28-24-20-16-4)138-129(97-131(133)139(137)140(132)138)113-65-93-119(94-66-113)141(115-69-41-101(5)42-70-115)116-71-43-102(6)44-72-116/h101-140H,13-100H2,1-12H3. The molecule has 0 aromatic heterocycles. The molecule has 18 aliphatic carbocycles. The first-order valence-corrected chi connectivity index (χ1v) is 70.2. The third-order valence-corrected chi connectivity index (χ3v) is 50.4. The van der Waals surface area contributed by atoms with Gasteiger partial charge in [0, 0.05) is 109 Å². The molecule has 12 unspecified atom stereocenters. The second kappa shape index (κ2) is 58.7. The summed E-state index contributed by atoms with van der Waals surface area (Å²) in [6.07, 6.45) is 133. The van der Waals surface area contributed by atoms with Crippen LogP contribution >= 0.6 is 0 Å². The van der Waals surface area contributed by atoms with Crippen molar-refractivity contribution < 1.29 is 0 Å². The Labute approximate surface area is 910 Å². The van der Waals surface area contributed by atoms with Gasteiger partial charge in [-0.05, 0) is 515 Å². The number of hydrogen-bond acceptors (Lipinski definition) is 6. The van der Waals surface area contributed by atoms with Crippen LogP contribution in [0.15, 0.2) is 0 Å². The Balaban J connectivity index is 0.826. The summed E-state index contributed by atoms with van der Waals surface area (Å²) in [6.45, 7) is 31.4. The first-order chi connectivity index (χ1) is 71.5. The summed E-state index contributed by atoms with van der Waals surface area (Å²) in [6, 6.07) is 14.3. The quantitative estimate of drug-likeness (QED) is 0.0562. The predicted molar refractivity (Wildman–Crippen MR) is 630 cm³/mol. The average molecular weight is 2020 g/mol. The summed E-state index contributed by atoms with van der Waals surface area (Å²) in [5.41, 5.74) is 0. The fourth-order valence-corrected chi connectivity index (χ4v) is 41.8. The van der Waals surface area contributed by atoms with Gasteiger partial charge in [0.2, 0.25) is 0 Å². The summed E-state index contributed by atoms with van der Waals surface area (Å²) in [5, 5.41) is 0. The SMILES string of the molecule is CCCCCCCCC1CCC(N(C2CCC(C)CC2)C2CC(N(C3CCC(C)CC3)C3CCC(CCCCCCCC)CC3)C3C(C4CCC(N(C5CCC(C)CC5)C5CCC(C)CC5)CC4)CC4C5C3C2CC(C2CCC(N(C3CCC(C)CC3)C3CCC(C)CC3)CC2)C5C(N(C2CCC(C)CC2)C2CCC(CCCCCCCC)CC2)CC4N(C2CCC(C)CC2)C2CCC(CCCCCCCC)CC2)CC1. The van der Waals surface area contributed by atoms with Crippen molar-refractivity contribution in [3.05, 3.63) is 0 Å². The molecule has 0 amide bonds.